The van der Waals surface area contributed by atoms with Gasteiger partial charge in [-0.15, -0.1) is 0 Å². The number of amides is 2. The van der Waals surface area contributed by atoms with Gasteiger partial charge in [0, 0.05) is 68.7 Å². The number of carbonyl (C=O) groups excluding carboxylic acids is 2. The number of fused-ring (bicyclic) bond motifs is 1. The van der Waals surface area contributed by atoms with Crippen molar-refractivity contribution in [3.63, 3.8) is 0 Å². The van der Waals surface area contributed by atoms with E-state index in [2.05, 4.69) is 76.1 Å². The fraction of sp³-hybridized carbons (Fsp3) is 0.176. The summed E-state index contributed by atoms with van der Waals surface area (Å²) in [4.78, 5) is 34.5. The molecule has 0 fully saturated rings. The van der Waals surface area contributed by atoms with E-state index in [9.17, 15) is 9.59 Å². The minimum atomic E-state index is -0.109. The van der Waals surface area contributed by atoms with Gasteiger partial charge in [-0.1, -0.05) is 23.7 Å². The summed E-state index contributed by atoms with van der Waals surface area (Å²) in [6.45, 7) is 4.15. The third-order valence-electron chi connectivity index (χ3n) is 8.80. The fourth-order valence-corrected chi connectivity index (χ4v) is 6.63. The lowest BCUT2D eigenvalue weighted by Crippen LogP contribution is -2.77. The average Bonchev–Trinajstić information content (AvgIpc) is 3.33. The summed E-state index contributed by atoms with van der Waals surface area (Å²) in [6.07, 6.45) is 3.59. The van der Waals surface area contributed by atoms with E-state index in [1.165, 1.54) is 18.1 Å². The number of aromatic nitrogens is 1. The van der Waals surface area contributed by atoms with Gasteiger partial charge in [0.2, 0.25) is 0 Å². The number of H-pyrrole nitrogens is 1. The second-order valence-corrected chi connectivity index (χ2v) is 11.5. The first-order valence-electron chi connectivity index (χ1n) is 14.2. The number of para-hydroxylation sites is 1. The second-order valence-electron chi connectivity index (χ2n) is 11.5. The maximum atomic E-state index is 13.2. The number of nitrogens with one attached hydrogen (secondary N) is 3. The van der Waals surface area contributed by atoms with Gasteiger partial charge in [-0.2, -0.15) is 0 Å². The fourth-order valence-electron chi connectivity index (χ4n) is 6.63. The van der Waals surface area contributed by atoms with Crippen molar-refractivity contribution < 1.29 is 14.4 Å². The van der Waals surface area contributed by atoms with Crippen LogP contribution >= 0.6 is 0 Å². The van der Waals surface area contributed by atoms with Gasteiger partial charge in [0.15, 0.2) is 12.3 Å². The van der Waals surface area contributed by atoms with Crippen molar-refractivity contribution in [2.45, 2.75) is 13.8 Å². The van der Waals surface area contributed by atoms with Crippen molar-refractivity contribution in [2.75, 3.05) is 12.4 Å². The molecule has 1 aromatic heterocycles. The standard InChI is InChI=1S/C17H32B15N3O3/c1-9-14(8-12-11-6-4-5-7-13(11)34-16(12)36)33-10(2)15(9)24-29(22)31(26-19)32(28(20)21)27(30(23)25-18)17(37)35-38-3/h4-8,24-26,33H,18-23H2,1-3H3,(H,34,36)(H,35,37)/b12-8-. The van der Waals surface area contributed by atoms with Crippen LogP contribution in [-0.4, -0.2) is 130 Å². The van der Waals surface area contributed by atoms with Crippen molar-refractivity contribution in [3.8, 4) is 0 Å². The zero-order valence-corrected chi connectivity index (χ0v) is 24.7. The molecule has 0 aliphatic carbocycles. The molecule has 0 bridgehead atoms. The molecule has 6 nitrogen and oxygen atoms in total. The molecular formula is C17H32B15N3O3. The zero-order chi connectivity index (χ0) is 28.1. The molecule has 0 unspecified atom stereocenters. The van der Waals surface area contributed by atoms with E-state index in [-0.39, 0.29) is 31.0 Å². The highest BCUT2D eigenvalue weighted by Crippen LogP contribution is 2.32. The van der Waals surface area contributed by atoms with E-state index in [0.717, 1.165) is 43.9 Å². The second kappa shape index (κ2) is 13.5. The Morgan fingerprint density at radius 1 is 1.08 bits per heavy atom. The average molecular weight is 489 g/mol. The molecule has 1 aromatic carbocycles. The first kappa shape index (κ1) is 30.7. The summed E-state index contributed by atoms with van der Waals surface area (Å²) < 4.78 is 0. The van der Waals surface area contributed by atoms with Crippen LogP contribution < -0.4 is 16.3 Å². The van der Waals surface area contributed by atoms with Crippen molar-refractivity contribution in [1.82, 2.24) is 10.5 Å². The lowest BCUT2D eigenvalue weighted by molar-refractivity contribution is -0.110. The summed E-state index contributed by atoms with van der Waals surface area (Å²) in [5.74, 6) is -0.0757. The Morgan fingerprint density at radius 2 is 1.76 bits per heavy atom. The van der Waals surface area contributed by atoms with Crippen LogP contribution in [0.15, 0.2) is 24.3 Å². The van der Waals surface area contributed by atoms with E-state index < -0.39 is 0 Å². The molecular weight excluding hydrogens is 456 g/mol. The van der Waals surface area contributed by atoms with E-state index in [1.807, 2.05) is 30.3 Å². The summed E-state index contributed by atoms with van der Waals surface area (Å²) in [6, 6.07) is 7.81. The van der Waals surface area contributed by atoms with Crippen LogP contribution in [0.1, 0.15) is 22.5 Å². The molecule has 38 heavy (non-hydrogen) atoms. The number of rotatable bonds is 12. The van der Waals surface area contributed by atoms with Crippen LogP contribution in [-0.2, 0) is 9.63 Å². The van der Waals surface area contributed by atoms with Gasteiger partial charge in [-0.3, -0.25) is 14.4 Å². The Kier molecular flexibility index (Phi) is 10.9. The van der Waals surface area contributed by atoms with Crippen LogP contribution in [0.25, 0.3) is 11.6 Å². The van der Waals surface area contributed by atoms with Crippen molar-refractivity contribution >= 4 is 141 Å². The summed E-state index contributed by atoms with van der Waals surface area (Å²) in [7, 11) is 17.8. The smallest absolute Gasteiger partial charge is 0.256 e. The maximum absolute atomic E-state index is 13.2. The molecule has 2 amide bonds. The molecule has 0 atom stereocenters. The predicted octanol–water partition coefficient (Wildman–Crippen LogP) is -7.62. The van der Waals surface area contributed by atoms with Crippen molar-refractivity contribution in [1.29, 1.82) is 0 Å². The topological polar surface area (TPSA) is 83.2 Å². The number of hydrogen-bond acceptors (Lipinski definition) is 3. The molecule has 3 rings (SSSR count). The molecule has 3 N–H and O–H groups in total. The minimum Gasteiger partial charge on any atom is -0.359 e. The highest BCUT2D eigenvalue weighted by atomic mass is 16.6. The van der Waals surface area contributed by atoms with Gasteiger partial charge >= 0.3 is 0 Å². The molecule has 2 heterocycles. The highest BCUT2D eigenvalue weighted by Gasteiger charge is 2.46. The third kappa shape index (κ3) is 6.46. The van der Waals surface area contributed by atoms with Crippen LogP contribution in [0.4, 0.5) is 10.5 Å². The molecule has 0 saturated carbocycles. The quantitative estimate of drug-likeness (QED) is 0.158. The highest BCUT2D eigenvalue weighted by molar-refractivity contribution is 8.11. The number of benzene rings is 1. The van der Waals surface area contributed by atoms with Gasteiger partial charge in [-0.05, 0) is 31.6 Å². The van der Waals surface area contributed by atoms with Gasteiger partial charge in [0.05, 0.1) is 59.1 Å². The number of hydrogen-bond donors (Lipinski definition) is 3. The number of anilines is 1. The molecule has 0 radical (unpaired) electrons. The maximum Gasteiger partial charge on any atom is 0.256 e. The normalized spacial score (nSPS) is 12.7. The summed E-state index contributed by atoms with van der Waals surface area (Å²) in [5.41, 5.74) is 9.75. The molecule has 1 aliphatic heterocycles. The first-order chi connectivity index (χ1) is 18.0. The number of aryl methyl sites for hydroxylation is 1. The largest absolute Gasteiger partial charge is 0.359 e. The van der Waals surface area contributed by atoms with E-state index >= 15 is 0 Å². The predicted molar refractivity (Wildman–Crippen MR) is 196 cm³/mol. The van der Waals surface area contributed by atoms with Gasteiger partial charge in [-0.25, -0.2) is 5.48 Å². The van der Waals surface area contributed by atoms with Gasteiger partial charge < -0.3 is 10.3 Å². The van der Waals surface area contributed by atoms with Crippen molar-refractivity contribution in [3.05, 3.63) is 46.8 Å². The number of hydroxylamine groups is 1. The lowest BCUT2D eigenvalue weighted by Gasteiger charge is -2.34. The number of aromatic amines is 1. The van der Waals surface area contributed by atoms with Crippen LogP contribution in [0.3, 0.4) is 0 Å². The Hall–Kier alpha value is -1.89. The summed E-state index contributed by atoms with van der Waals surface area (Å²) >= 11 is 0. The molecule has 21 heteroatoms. The SMILES string of the molecule is BBB(B)B(B(B(B)B)B(BB)B(B)Bc1c(C)[nH]c(/C=C2\C(=O)Nc3ccccc32)c1C)C(=O)NOC. The Labute approximate surface area is 238 Å². The molecule has 0 spiro atoms. The Bertz CT molecular complexity index is 1190. The summed E-state index contributed by atoms with van der Waals surface area (Å²) in [5, 5.41) is 2.97. The van der Waals surface area contributed by atoms with Crippen LogP contribution in [0.5, 0.6) is 0 Å². The van der Waals surface area contributed by atoms with Crippen LogP contribution in [0.2, 0.25) is 0 Å². The van der Waals surface area contributed by atoms with E-state index in [1.54, 1.807) is 0 Å². The van der Waals surface area contributed by atoms with Gasteiger partial charge in [0.25, 0.3) is 5.91 Å². The molecule has 2 aromatic rings. The lowest BCUT2D eigenvalue weighted by atomic mass is 8.48. The molecule has 178 valence electrons. The van der Waals surface area contributed by atoms with Gasteiger partial charge in [0.1, 0.15) is 7.17 Å². The minimum absolute atomic E-state index is 0.00996. The Morgan fingerprint density at radius 3 is 2.37 bits per heavy atom. The third-order valence-corrected chi connectivity index (χ3v) is 8.80. The molecule has 1 aliphatic rings. The zero-order valence-electron chi connectivity index (χ0n) is 24.7. The number of carbonyl (C=O) groups is 2. The van der Waals surface area contributed by atoms with E-state index in [0.29, 0.717) is 24.7 Å². The molecule has 0 saturated heterocycles. The van der Waals surface area contributed by atoms with E-state index in [4.69, 9.17) is 4.84 Å². The van der Waals surface area contributed by atoms with Crippen molar-refractivity contribution in [2.24, 2.45) is 0 Å². The van der Waals surface area contributed by atoms with Crippen LogP contribution in [0, 0.1) is 13.8 Å². The monoisotopic (exact) mass is 491 g/mol. The Balaban J connectivity index is 1.92. The first-order valence-corrected chi connectivity index (χ1v) is 14.2.